The molecule has 6 heterocycles. The molecule has 0 radical (unpaired) electrons. The minimum absolute atomic E-state index is 0. The van der Waals surface area contributed by atoms with Gasteiger partial charge in [-0.2, -0.15) is 26.3 Å². The number of nitrogens with two attached hydrogens (primary N) is 1. The molecule has 3 aliphatic rings. The number of carboxylic acid groups (broad SMARTS) is 1. The van der Waals surface area contributed by atoms with Crippen LogP contribution in [0, 0.1) is 34.9 Å². The van der Waals surface area contributed by atoms with E-state index >= 15 is 0 Å². The third kappa shape index (κ3) is 20.4. The zero-order valence-electron chi connectivity index (χ0n) is 59.8. The summed E-state index contributed by atoms with van der Waals surface area (Å²) in [6.45, 7) is -0.833. The summed E-state index contributed by atoms with van der Waals surface area (Å²) in [7, 11) is 0. The van der Waals surface area contributed by atoms with Gasteiger partial charge in [0.15, 0.2) is 69.2 Å². The summed E-state index contributed by atoms with van der Waals surface area (Å²) in [6.07, 6.45) is -5.91. The largest absolute Gasteiger partial charge is 0.502 e. The molecule has 0 aliphatic carbocycles. The number of thioether (sulfide) groups is 3. The standard InChI is InChI=1S/C29H22F5N3O3S.C27H20F2N2O4S.C22H16F5N3O3S.C2H7N.ClH/c30-21-11-10-18-20(24(21)31)15-41-23-9-5-4-8-19(23)25(18)36-37-13-12-22(38)27(40-14-17-6-2-1-3-7-17)26(37)28(39)35-16-29(32,33)34;28-20-11-10-17-19(23(20)29)15-36-22-9-5-4-8-18(22)24(17)30-31-13-12-21(32)26(25(31)27(33)34)35-14-16-6-2-1-3-7-16;23-14-6-5-11-13(17(14)24)9-34-16-4-2-1-3-12(16)18(11)29-30-8-7-15(31)20(32)19(30)21(33)28-10-22(25,26)27;1-2-3;/h1-13,25,36H,14-16H2,(H,35,39);1-13,24,30H,14-15H2,(H,33,34);1-8,18,29,32H,9-10H2,(H,28,33);2-3H2,1H3;1H. The highest BCUT2D eigenvalue weighted by Gasteiger charge is 2.36. The van der Waals surface area contributed by atoms with Gasteiger partial charge in [-0.05, 0) is 87.5 Å². The maximum atomic E-state index is 14.9. The van der Waals surface area contributed by atoms with Crippen LogP contribution in [-0.4, -0.2) is 74.0 Å². The summed E-state index contributed by atoms with van der Waals surface area (Å²) >= 11 is 3.91. The lowest BCUT2D eigenvalue weighted by Crippen LogP contribution is -2.38. The molecule has 3 atom stereocenters. The number of aromatic hydroxyl groups is 1. The maximum Gasteiger partial charge on any atom is 0.405 e. The van der Waals surface area contributed by atoms with E-state index in [1.807, 2.05) is 49.4 Å². The Morgan fingerprint density at radius 2 is 0.748 bits per heavy atom. The molecule has 3 aromatic heterocycles. The number of hydrogen-bond donors (Lipinski definition) is 8. The Kier molecular flexibility index (Phi) is 28.3. The molecule has 0 saturated heterocycles. The van der Waals surface area contributed by atoms with Gasteiger partial charge in [0.1, 0.15) is 26.3 Å². The van der Waals surface area contributed by atoms with Gasteiger partial charge in [0, 0.05) is 85.4 Å². The molecule has 0 spiro atoms. The molecular formula is C80H66ClF12N9O10S3. The number of fused-ring (bicyclic) bond motifs is 6. The zero-order chi connectivity index (χ0) is 81.7. The van der Waals surface area contributed by atoms with Crippen molar-refractivity contribution in [1.29, 1.82) is 0 Å². The number of aromatic carboxylic acids is 1. The van der Waals surface area contributed by atoms with Crippen molar-refractivity contribution in [3.05, 3.63) is 351 Å². The molecule has 11 aromatic rings. The van der Waals surface area contributed by atoms with Crippen LogP contribution in [-0.2, 0) is 30.5 Å². The number of rotatable bonds is 17. The number of benzene rings is 8. The van der Waals surface area contributed by atoms with Gasteiger partial charge in [0.25, 0.3) is 11.8 Å². The lowest BCUT2D eigenvalue weighted by molar-refractivity contribution is -0.123. The first kappa shape index (κ1) is 85.7. The van der Waals surface area contributed by atoms with Gasteiger partial charge in [-0.15, -0.1) is 47.7 Å². The minimum Gasteiger partial charge on any atom is -0.502 e. The zero-order valence-corrected chi connectivity index (χ0v) is 63.0. The average Bonchev–Trinajstić information content (AvgIpc) is 1.74. The molecule has 19 nitrogen and oxygen atoms in total. The summed E-state index contributed by atoms with van der Waals surface area (Å²) in [5, 5.41) is 23.6. The molecule has 8 aromatic carbocycles. The number of carbonyl (C=O) groups is 3. The predicted octanol–water partition coefficient (Wildman–Crippen LogP) is 15.7. The highest BCUT2D eigenvalue weighted by atomic mass is 35.5. The highest BCUT2D eigenvalue weighted by Crippen LogP contribution is 2.45. The number of carbonyl (C=O) groups excluding carboxylic acids is 2. The van der Waals surface area contributed by atoms with Crippen LogP contribution >= 0.6 is 47.7 Å². The third-order valence-corrected chi connectivity index (χ3v) is 20.8. The second-order valence-electron chi connectivity index (χ2n) is 25.0. The van der Waals surface area contributed by atoms with Crippen molar-refractivity contribution in [2.75, 3.05) is 35.9 Å². The normalized spacial score (nSPS) is 14.3. The van der Waals surface area contributed by atoms with Crippen LogP contribution in [0.2, 0.25) is 0 Å². The van der Waals surface area contributed by atoms with Crippen molar-refractivity contribution in [1.82, 2.24) is 24.7 Å². The number of carboxylic acids is 1. The topological polar surface area (TPSA) is 262 Å². The van der Waals surface area contributed by atoms with E-state index < -0.39 is 141 Å². The Morgan fingerprint density at radius 1 is 0.443 bits per heavy atom. The molecular weight excluding hydrogens is 1610 g/mol. The van der Waals surface area contributed by atoms with Crippen molar-refractivity contribution in [3.63, 3.8) is 0 Å². The second kappa shape index (κ2) is 37.9. The molecule has 3 unspecified atom stereocenters. The number of nitrogens with zero attached hydrogens (tertiary/aromatic N) is 3. The molecule has 9 N–H and O–H groups in total. The van der Waals surface area contributed by atoms with Crippen molar-refractivity contribution >= 4 is 65.5 Å². The van der Waals surface area contributed by atoms with Gasteiger partial charge < -0.3 is 52.3 Å². The Hall–Kier alpha value is -11.7. The van der Waals surface area contributed by atoms with E-state index in [2.05, 4.69) is 16.3 Å². The second-order valence-corrected chi connectivity index (χ2v) is 28.1. The van der Waals surface area contributed by atoms with Gasteiger partial charge in [-0.3, -0.25) is 38.0 Å². The van der Waals surface area contributed by atoms with Crippen LogP contribution < -0.4 is 58.4 Å². The van der Waals surface area contributed by atoms with Gasteiger partial charge in [0.2, 0.25) is 16.3 Å². The average molecular weight is 1670 g/mol. The smallest absolute Gasteiger partial charge is 0.405 e. The van der Waals surface area contributed by atoms with E-state index in [9.17, 15) is 91.7 Å². The number of pyridine rings is 3. The number of nitrogens with one attached hydrogen (secondary N) is 5. The minimum atomic E-state index is -4.73. The highest BCUT2D eigenvalue weighted by molar-refractivity contribution is 7.99. The van der Waals surface area contributed by atoms with Crippen molar-refractivity contribution in [3.8, 4) is 17.2 Å². The fraction of sp³-hybridized carbons (Fsp3) is 0.175. The Balaban J connectivity index is 0.000000179. The molecule has 14 rings (SSSR count). The summed E-state index contributed by atoms with van der Waals surface area (Å²) in [5.74, 6) is -11.5. The van der Waals surface area contributed by atoms with E-state index in [4.69, 9.17) is 15.2 Å². The SMILES string of the molecule is CCN.Cl.O=C(NCC(F)(F)F)c1c(O)c(=O)ccn1NC1c2ccccc2SCc2c1ccc(F)c2F.O=C(NCC(F)(F)F)c1c(OCc2ccccc2)c(=O)ccn1NC1c2ccccc2SCc2c1ccc(F)c2F.O=C(O)c1c(OCc2ccccc2)c(=O)ccn1NC1c2ccccc2SCc2c1ccc(F)c2F. The first-order valence-corrected chi connectivity index (χ1v) is 37.3. The van der Waals surface area contributed by atoms with E-state index in [1.54, 1.807) is 102 Å². The molecule has 600 valence electrons. The van der Waals surface area contributed by atoms with Gasteiger partial charge in [-0.25, -0.2) is 31.1 Å². The molecule has 3 aliphatic heterocycles. The summed E-state index contributed by atoms with van der Waals surface area (Å²) in [6, 6.07) is 47.0. The van der Waals surface area contributed by atoms with Gasteiger partial charge in [0.05, 0.1) is 18.1 Å². The van der Waals surface area contributed by atoms with Crippen LogP contribution in [0.25, 0.3) is 0 Å². The van der Waals surface area contributed by atoms with Crippen LogP contribution in [0.15, 0.2) is 236 Å². The van der Waals surface area contributed by atoms with Crippen molar-refractivity contribution in [2.45, 2.75) is 82.6 Å². The number of aromatic nitrogens is 3. The molecule has 0 bridgehead atoms. The predicted molar refractivity (Wildman–Crippen MR) is 412 cm³/mol. The summed E-state index contributed by atoms with van der Waals surface area (Å²) in [4.78, 5) is 77.7. The number of hydrogen-bond acceptors (Lipinski definition) is 16. The Labute approximate surface area is 665 Å². The number of alkyl halides is 6. The van der Waals surface area contributed by atoms with Crippen molar-refractivity contribution < 1.29 is 86.8 Å². The number of halogens is 13. The summed E-state index contributed by atoms with van der Waals surface area (Å²) in [5.41, 5.74) is 14.8. The molecule has 0 saturated carbocycles. The molecule has 35 heteroatoms. The Morgan fingerprint density at radius 3 is 1.10 bits per heavy atom. The lowest BCUT2D eigenvalue weighted by Gasteiger charge is -2.26. The fourth-order valence-corrected chi connectivity index (χ4v) is 15.6. The Bertz CT molecular complexity index is 5580. The lowest BCUT2D eigenvalue weighted by atomic mass is 9.95. The first-order valence-electron chi connectivity index (χ1n) is 34.3. The van der Waals surface area contributed by atoms with Crippen LogP contribution in [0.4, 0.5) is 52.7 Å². The van der Waals surface area contributed by atoms with E-state index in [1.165, 1.54) is 76.6 Å². The van der Waals surface area contributed by atoms with Crippen molar-refractivity contribution in [2.24, 2.45) is 5.73 Å². The fourth-order valence-electron chi connectivity index (χ4n) is 12.2. The molecule has 2 amide bonds. The van der Waals surface area contributed by atoms with E-state index in [-0.39, 0.29) is 65.3 Å². The quantitative estimate of drug-likeness (QED) is 0.0394. The van der Waals surface area contributed by atoms with Gasteiger partial charge in [-0.1, -0.05) is 140 Å². The van der Waals surface area contributed by atoms with Crippen LogP contribution in [0.1, 0.15) is 118 Å². The summed E-state index contributed by atoms with van der Waals surface area (Å²) < 4.78 is 178. The molecule has 0 fully saturated rings. The number of ether oxygens (including phenoxy) is 2. The first-order chi connectivity index (χ1) is 54.5. The number of amides is 2. The van der Waals surface area contributed by atoms with Crippen LogP contribution in [0.3, 0.4) is 0 Å². The van der Waals surface area contributed by atoms with E-state index in [0.717, 1.165) is 73.3 Å². The monoisotopic (exact) mass is 1670 g/mol. The van der Waals surface area contributed by atoms with Gasteiger partial charge >= 0.3 is 18.3 Å². The third-order valence-electron chi connectivity index (χ3n) is 17.4. The van der Waals surface area contributed by atoms with Crippen LogP contribution in [0.5, 0.6) is 17.2 Å². The van der Waals surface area contributed by atoms with E-state index in [0.29, 0.717) is 38.3 Å². The maximum absolute atomic E-state index is 14.9. The molecule has 115 heavy (non-hydrogen) atoms.